The second-order valence-corrected chi connectivity index (χ2v) is 5.98. The molecular weight excluding hydrogens is 288 g/mol. The molecule has 1 fully saturated rings. The minimum absolute atomic E-state index is 0.00436. The van der Waals surface area contributed by atoms with Crippen LogP contribution in [0.5, 0.6) is 0 Å². The summed E-state index contributed by atoms with van der Waals surface area (Å²) in [5, 5.41) is 0.669. The Kier molecular flexibility index (Phi) is 5.62. The zero-order chi connectivity index (χ0) is 15.4. The molecule has 4 nitrogen and oxygen atoms in total. The third-order valence-electron chi connectivity index (χ3n) is 4.17. The second-order valence-electron chi connectivity index (χ2n) is 5.58. The average Bonchev–Trinajstić information content (AvgIpc) is 2.53. The minimum Gasteiger partial charge on any atom is -0.370 e. The molecule has 116 valence electrons. The van der Waals surface area contributed by atoms with Crippen LogP contribution in [0.1, 0.15) is 31.9 Å². The van der Waals surface area contributed by atoms with Crippen molar-refractivity contribution < 1.29 is 9.53 Å². The van der Waals surface area contributed by atoms with Gasteiger partial charge >= 0.3 is 0 Å². The number of amides is 1. The summed E-state index contributed by atoms with van der Waals surface area (Å²) in [5.74, 6) is 0.184. The predicted octanol–water partition coefficient (Wildman–Crippen LogP) is 2.61. The highest BCUT2D eigenvalue weighted by atomic mass is 35.5. The topological polar surface area (TPSA) is 55.6 Å². The van der Waals surface area contributed by atoms with Crippen LogP contribution < -0.4 is 5.73 Å². The van der Waals surface area contributed by atoms with Crippen molar-refractivity contribution in [1.29, 1.82) is 0 Å². The van der Waals surface area contributed by atoms with E-state index in [1.165, 1.54) is 0 Å². The Hall–Kier alpha value is -1.10. The molecule has 0 bridgehead atoms. The standard InChI is InChI=1S/C16H23ClN2O2/c1-3-11(2)15(18)16(20)19-8-9-21-14(10-19)12-6-4-5-7-13(12)17/h4-7,11,14-15H,3,8-10,18H2,1-2H3. The molecule has 21 heavy (non-hydrogen) atoms. The molecule has 0 radical (unpaired) electrons. The number of nitrogens with zero attached hydrogens (tertiary/aromatic N) is 1. The lowest BCUT2D eigenvalue weighted by Gasteiger charge is -2.35. The molecule has 1 aromatic carbocycles. The van der Waals surface area contributed by atoms with Crippen molar-refractivity contribution in [1.82, 2.24) is 4.90 Å². The van der Waals surface area contributed by atoms with Crippen LogP contribution in [0, 0.1) is 5.92 Å². The summed E-state index contributed by atoms with van der Waals surface area (Å²) < 4.78 is 5.77. The number of hydrogen-bond donors (Lipinski definition) is 1. The summed E-state index contributed by atoms with van der Waals surface area (Å²) in [4.78, 5) is 14.3. The van der Waals surface area contributed by atoms with Crippen LogP contribution in [0.4, 0.5) is 0 Å². The molecule has 1 amide bonds. The normalized spacial score (nSPS) is 21.9. The molecule has 0 aromatic heterocycles. The summed E-state index contributed by atoms with van der Waals surface area (Å²) in [6.07, 6.45) is 0.714. The van der Waals surface area contributed by atoms with E-state index in [0.717, 1.165) is 12.0 Å². The number of rotatable bonds is 4. The maximum Gasteiger partial charge on any atom is 0.239 e. The first kappa shape index (κ1) is 16.3. The van der Waals surface area contributed by atoms with Crippen LogP contribution in [0.3, 0.4) is 0 Å². The van der Waals surface area contributed by atoms with E-state index in [2.05, 4.69) is 0 Å². The Morgan fingerprint density at radius 1 is 1.52 bits per heavy atom. The first-order chi connectivity index (χ1) is 10.0. The Balaban J connectivity index is 2.07. The Morgan fingerprint density at radius 3 is 2.90 bits per heavy atom. The smallest absolute Gasteiger partial charge is 0.239 e. The van der Waals surface area contributed by atoms with Gasteiger partial charge in [-0.25, -0.2) is 0 Å². The number of carbonyl (C=O) groups is 1. The van der Waals surface area contributed by atoms with E-state index in [-0.39, 0.29) is 17.9 Å². The largest absolute Gasteiger partial charge is 0.370 e. The molecule has 0 aliphatic carbocycles. The summed E-state index contributed by atoms with van der Waals surface area (Å²) in [6, 6.07) is 7.15. The maximum atomic E-state index is 12.5. The highest BCUT2D eigenvalue weighted by molar-refractivity contribution is 6.31. The third kappa shape index (κ3) is 3.76. The molecule has 0 spiro atoms. The van der Waals surface area contributed by atoms with Gasteiger partial charge in [-0.05, 0) is 12.0 Å². The number of nitrogens with two attached hydrogens (primary N) is 1. The summed E-state index contributed by atoms with van der Waals surface area (Å²) in [6.45, 7) is 5.66. The first-order valence-electron chi connectivity index (χ1n) is 7.45. The number of ether oxygens (including phenoxy) is 1. The number of hydrogen-bond acceptors (Lipinski definition) is 3. The van der Waals surface area contributed by atoms with Gasteiger partial charge in [-0.1, -0.05) is 50.1 Å². The molecule has 1 saturated heterocycles. The lowest BCUT2D eigenvalue weighted by Crippen LogP contribution is -2.51. The zero-order valence-corrected chi connectivity index (χ0v) is 13.3. The lowest BCUT2D eigenvalue weighted by molar-refractivity contribution is -0.141. The molecule has 5 heteroatoms. The van der Waals surface area contributed by atoms with Gasteiger partial charge in [0.25, 0.3) is 0 Å². The Bertz CT molecular complexity index is 495. The Labute approximate surface area is 131 Å². The fourth-order valence-electron chi connectivity index (χ4n) is 2.48. The molecule has 1 aliphatic heterocycles. The van der Waals surface area contributed by atoms with Crippen LogP contribution in [-0.2, 0) is 9.53 Å². The fourth-order valence-corrected chi connectivity index (χ4v) is 2.74. The van der Waals surface area contributed by atoms with Crippen LogP contribution in [0.15, 0.2) is 24.3 Å². The number of carbonyl (C=O) groups excluding carboxylic acids is 1. The van der Waals surface area contributed by atoms with Gasteiger partial charge in [-0.3, -0.25) is 4.79 Å². The monoisotopic (exact) mass is 310 g/mol. The van der Waals surface area contributed by atoms with Gasteiger partial charge in [-0.15, -0.1) is 0 Å². The van der Waals surface area contributed by atoms with Gasteiger partial charge in [0, 0.05) is 17.1 Å². The van der Waals surface area contributed by atoms with Gasteiger partial charge in [0.15, 0.2) is 0 Å². The zero-order valence-electron chi connectivity index (χ0n) is 12.6. The van der Waals surface area contributed by atoms with E-state index >= 15 is 0 Å². The van der Waals surface area contributed by atoms with E-state index in [1.807, 2.05) is 38.1 Å². The number of benzene rings is 1. The number of morpholine rings is 1. The molecular formula is C16H23ClN2O2. The summed E-state index contributed by atoms with van der Waals surface area (Å²) >= 11 is 6.21. The first-order valence-corrected chi connectivity index (χ1v) is 7.82. The van der Waals surface area contributed by atoms with Gasteiger partial charge in [-0.2, -0.15) is 0 Å². The van der Waals surface area contributed by atoms with E-state index in [4.69, 9.17) is 22.1 Å². The molecule has 0 saturated carbocycles. The molecule has 2 N–H and O–H groups in total. The van der Waals surface area contributed by atoms with Crippen molar-refractivity contribution in [3.8, 4) is 0 Å². The molecule has 3 atom stereocenters. The van der Waals surface area contributed by atoms with Crippen molar-refractivity contribution in [2.24, 2.45) is 11.7 Å². The average molecular weight is 311 g/mol. The molecule has 1 heterocycles. The van der Waals surface area contributed by atoms with Crippen LogP contribution in [0.2, 0.25) is 5.02 Å². The highest BCUT2D eigenvalue weighted by Gasteiger charge is 2.30. The van der Waals surface area contributed by atoms with Gasteiger partial charge in [0.1, 0.15) is 6.10 Å². The van der Waals surface area contributed by atoms with Crippen molar-refractivity contribution in [2.75, 3.05) is 19.7 Å². The van der Waals surface area contributed by atoms with E-state index in [1.54, 1.807) is 4.90 Å². The van der Waals surface area contributed by atoms with Gasteiger partial charge < -0.3 is 15.4 Å². The van der Waals surface area contributed by atoms with Crippen molar-refractivity contribution in [3.05, 3.63) is 34.9 Å². The maximum absolute atomic E-state index is 12.5. The number of halogens is 1. The minimum atomic E-state index is -0.444. The molecule has 2 rings (SSSR count). The Morgan fingerprint density at radius 2 is 2.24 bits per heavy atom. The van der Waals surface area contributed by atoms with Crippen LogP contribution >= 0.6 is 11.6 Å². The van der Waals surface area contributed by atoms with Crippen LogP contribution in [-0.4, -0.2) is 36.5 Å². The van der Waals surface area contributed by atoms with Gasteiger partial charge in [0.2, 0.25) is 5.91 Å². The second kappa shape index (κ2) is 7.25. The fraction of sp³-hybridized carbons (Fsp3) is 0.562. The lowest BCUT2D eigenvalue weighted by atomic mass is 9.98. The van der Waals surface area contributed by atoms with Crippen molar-refractivity contribution >= 4 is 17.5 Å². The summed E-state index contributed by atoms with van der Waals surface area (Å²) in [5.41, 5.74) is 6.98. The third-order valence-corrected chi connectivity index (χ3v) is 4.52. The quantitative estimate of drug-likeness (QED) is 0.930. The van der Waals surface area contributed by atoms with Crippen molar-refractivity contribution in [2.45, 2.75) is 32.4 Å². The van der Waals surface area contributed by atoms with Gasteiger partial charge in [0.05, 0.1) is 19.2 Å². The predicted molar refractivity (Wildman–Crippen MR) is 84.2 cm³/mol. The summed E-state index contributed by atoms with van der Waals surface area (Å²) in [7, 11) is 0. The molecule has 3 unspecified atom stereocenters. The van der Waals surface area contributed by atoms with Crippen LogP contribution in [0.25, 0.3) is 0 Å². The highest BCUT2D eigenvalue weighted by Crippen LogP contribution is 2.28. The van der Waals surface area contributed by atoms with E-state index < -0.39 is 6.04 Å². The van der Waals surface area contributed by atoms with Crippen molar-refractivity contribution in [3.63, 3.8) is 0 Å². The molecule has 1 aliphatic rings. The SMILES string of the molecule is CCC(C)C(N)C(=O)N1CCOC(c2ccccc2Cl)C1. The molecule has 1 aromatic rings. The van der Waals surface area contributed by atoms with E-state index in [9.17, 15) is 4.79 Å². The van der Waals surface area contributed by atoms with E-state index in [0.29, 0.717) is 24.7 Å².